The average Bonchev–Trinajstić information content (AvgIpc) is 2.94. The molecule has 0 amide bonds. The highest BCUT2D eigenvalue weighted by Gasteiger charge is 2.26. The third-order valence-corrected chi connectivity index (χ3v) is 4.36. The van der Waals surface area contributed by atoms with E-state index in [4.69, 9.17) is 5.11 Å². The number of likely N-dealkylation sites (tertiary alicyclic amines) is 1. The van der Waals surface area contributed by atoms with Gasteiger partial charge in [0, 0.05) is 24.3 Å². The third kappa shape index (κ3) is 3.08. The van der Waals surface area contributed by atoms with Gasteiger partial charge in [0.15, 0.2) is 5.78 Å². The van der Waals surface area contributed by atoms with Crippen LogP contribution in [0, 0.1) is 5.92 Å². The van der Waals surface area contributed by atoms with Crippen LogP contribution in [-0.2, 0) is 11.2 Å². The number of rotatable bonds is 4. The molecule has 2 aliphatic heterocycles. The van der Waals surface area contributed by atoms with E-state index in [2.05, 4.69) is 5.32 Å². The van der Waals surface area contributed by atoms with Gasteiger partial charge in [-0.1, -0.05) is 0 Å². The van der Waals surface area contributed by atoms with Gasteiger partial charge in [0.25, 0.3) is 0 Å². The van der Waals surface area contributed by atoms with Crippen LogP contribution in [0.4, 0.5) is 5.69 Å². The number of carbonyl (C=O) groups is 2. The van der Waals surface area contributed by atoms with E-state index in [0.717, 1.165) is 37.2 Å². The first-order chi connectivity index (χ1) is 10.1. The van der Waals surface area contributed by atoms with Gasteiger partial charge in [0.05, 0.1) is 12.5 Å². The van der Waals surface area contributed by atoms with Crippen molar-refractivity contribution in [3.63, 3.8) is 0 Å². The predicted molar refractivity (Wildman–Crippen MR) is 79.8 cm³/mol. The molecule has 0 radical (unpaired) electrons. The van der Waals surface area contributed by atoms with Crippen molar-refractivity contribution in [2.45, 2.75) is 19.3 Å². The number of ketones is 1. The first kappa shape index (κ1) is 14.1. The van der Waals surface area contributed by atoms with Crippen molar-refractivity contribution in [3.05, 3.63) is 29.3 Å². The molecule has 112 valence electrons. The van der Waals surface area contributed by atoms with E-state index in [1.54, 1.807) is 0 Å². The fourth-order valence-electron chi connectivity index (χ4n) is 3.17. The van der Waals surface area contributed by atoms with Gasteiger partial charge in [0.1, 0.15) is 0 Å². The SMILES string of the molecule is O=C(CN1CCCC(C(=O)O)C1)c1ccc2c(c1)CCN2. The number of carboxylic acid groups (broad SMARTS) is 1. The minimum atomic E-state index is -0.754. The number of fused-ring (bicyclic) bond motifs is 1. The molecule has 21 heavy (non-hydrogen) atoms. The van der Waals surface area contributed by atoms with E-state index in [1.807, 2.05) is 23.1 Å². The lowest BCUT2D eigenvalue weighted by atomic mass is 9.97. The van der Waals surface area contributed by atoms with Crippen LogP contribution in [0.1, 0.15) is 28.8 Å². The van der Waals surface area contributed by atoms with Gasteiger partial charge in [0.2, 0.25) is 0 Å². The molecule has 0 spiro atoms. The summed E-state index contributed by atoms with van der Waals surface area (Å²) >= 11 is 0. The number of carboxylic acids is 1. The van der Waals surface area contributed by atoms with Gasteiger partial charge in [-0.2, -0.15) is 0 Å². The Bertz CT molecular complexity index is 571. The van der Waals surface area contributed by atoms with Crippen molar-refractivity contribution >= 4 is 17.4 Å². The summed E-state index contributed by atoms with van der Waals surface area (Å²) in [7, 11) is 0. The van der Waals surface area contributed by atoms with Crippen molar-refractivity contribution in [1.82, 2.24) is 4.90 Å². The molecular formula is C16H20N2O3. The highest BCUT2D eigenvalue weighted by Crippen LogP contribution is 2.24. The number of benzene rings is 1. The molecule has 0 aromatic heterocycles. The molecule has 1 aromatic rings. The second kappa shape index (κ2) is 5.85. The smallest absolute Gasteiger partial charge is 0.307 e. The monoisotopic (exact) mass is 288 g/mol. The predicted octanol–water partition coefficient (Wildman–Crippen LogP) is 1.63. The van der Waals surface area contributed by atoms with Crippen LogP contribution < -0.4 is 5.32 Å². The number of piperidine rings is 1. The van der Waals surface area contributed by atoms with Crippen LogP contribution in [0.5, 0.6) is 0 Å². The van der Waals surface area contributed by atoms with Crippen LogP contribution in [0.15, 0.2) is 18.2 Å². The number of Topliss-reactive ketones (excluding diaryl/α,β-unsaturated/α-hetero) is 1. The number of anilines is 1. The van der Waals surface area contributed by atoms with Crippen molar-refractivity contribution in [1.29, 1.82) is 0 Å². The molecule has 5 nitrogen and oxygen atoms in total. The van der Waals surface area contributed by atoms with E-state index < -0.39 is 5.97 Å². The van der Waals surface area contributed by atoms with Gasteiger partial charge < -0.3 is 10.4 Å². The van der Waals surface area contributed by atoms with Gasteiger partial charge in [-0.3, -0.25) is 14.5 Å². The Hall–Kier alpha value is -1.88. The maximum Gasteiger partial charge on any atom is 0.307 e. The average molecular weight is 288 g/mol. The second-order valence-corrected chi connectivity index (χ2v) is 5.88. The summed E-state index contributed by atoms with van der Waals surface area (Å²) in [6.07, 6.45) is 2.52. The lowest BCUT2D eigenvalue weighted by Gasteiger charge is -2.29. The molecule has 2 N–H and O–H groups in total. The van der Waals surface area contributed by atoms with Crippen molar-refractivity contribution in [2.75, 3.05) is 31.5 Å². The molecule has 1 unspecified atom stereocenters. The lowest BCUT2D eigenvalue weighted by Crippen LogP contribution is -2.41. The zero-order valence-electron chi connectivity index (χ0n) is 12.0. The number of aliphatic carboxylic acids is 1. The van der Waals surface area contributed by atoms with Gasteiger partial charge in [-0.25, -0.2) is 0 Å². The Kier molecular flexibility index (Phi) is 3.92. The normalized spacial score (nSPS) is 21.6. The van der Waals surface area contributed by atoms with E-state index >= 15 is 0 Å². The summed E-state index contributed by atoms with van der Waals surface area (Å²) in [6, 6.07) is 5.79. The molecule has 1 aromatic carbocycles. The summed E-state index contributed by atoms with van der Waals surface area (Å²) < 4.78 is 0. The summed E-state index contributed by atoms with van der Waals surface area (Å²) in [5.41, 5.74) is 3.05. The number of hydrogen-bond donors (Lipinski definition) is 2. The zero-order chi connectivity index (χ0) is 14.8. The van der Waals surface area contributed by atoms with Crippen LogP contribution in [0.2, 0.25) is 0 Å². The Morgan fingerprint density at radius 1 is 1.38 bits per heavy atom. The number of hydrogen-bond acceptors (Lipinski definition) is 4. The van der Waals surface area contributed by atoms with Crippen LogP contribution in [-0.4, -0.2) is 47.9 Å². The second-order valence-electron chi connectivity index (χ2n) is 5.88. The van der Waals surface area contributed by atoms with Gasteiger partial charge in [-0.15, -0.1) is 0 Å². The van der Waals surface area contributed by atoms with E-state index in [-0.39, 0.29) is 11.7 Å². The van der Waals surface area contributed by atoms with Crippen molar-refractivity contribution < 1.29 is 14.7 Å². The largest absolute Gasteiger partial charge is 0.481 e. The van der Waals surface area contributed by atoms with Crippen LogP contribution in [0.25, 0.3) is 0 Å². The summed E-state index contributed by atoms with van der Waals surface area (Å²) in [5.74, 6) is -1.01. The van der Waals surface area contributed by atoms with Crippen molar-refractivity contribution in [2.24, 2.45) is 5.92 Å². The minimum absolute atomic E-state index is 0.0794. The van der Waals surface area contributed by atoms with E-state index in [1.165, 1.54) is 5.56 Å². The zero-order valence-corrected chi connectivity index (χ0v) is 12.0. The molecule has 0 bridgehead atoms. The van der Waals surface area contributed by atoms with E-state index in [0.29, 0.717) is 19.5 Å². The molecule has 1 atom stereocenters. The highest BCUT2D eigenvalue weighted by atomic mass is 16.4. The first-order valence-electron chi connectivity index (χ1n) is 7.48. The summed E-state index contributed by atoms with van der Waals surface area (Å²) in [5, 5.41) is 12.4. The molecule has 1 saturated heterocycles. The first-order valence-corrected chi connectivity index (χ1v) is 7.48. The molecule has 0 saturated carbocycles. The van der Waals surface area contributed by atoms with E-state index in [9.17, 15) is 9.59 Å². The number of nitrogens with one attached hydrogen (secondary N) is 1. The molecule has 3 rings (SSSR count). The number of nitrogens with zero attached hydrogens (tertiary/aromatic N) is 1. The fourth-order valence-corrected chi connectivity index (χ4v) is 3.17. The summed E-state index contributed by atoms with van der Waals surface area (Å²) in [6.45, 7) is 2.53. The maximum absolute atomic E-state index is 12.4. The van der Waals surface area contributed by atoms with Crippen LogP contribution in [0.3, 0.4) is 0 Å². The Balaban J connectivity index is 1.64. The van der Waals surface area contributed by atoms with Gasteiger partial charge >= 0.3 is 5.97 Å². The minimum Gasteiger partial charge on any atom is -0.481 e. The quantitative estimate of drug-likeness (QED) is 0.824. The molecule has 0 aliphatic carbocycles. The van der Waals surface area contributed by atoms with Crippen molar-refractivity contribution in [3.8, 4) is 0 Å². The number of carbonyl (C=O) groups excluding carboxylic acids is 1. The summed E-state index contributed by atoms with van der Waals surface area (Å²) in [4.78, 5) is 25.4. The molecule has 2 heterocycles. The topological polar surface area (TPSA) is 69.6 Å². The molecule has 1 fully saturated rings. The van der Waals surface area contributed by atoms with Crippen LogP contribution >= 0.6 is 0 Å². The standard InChI is InChI=1S/C16H20N2O3/c19-15(10-18-7-1-2-13(9-18)16(20)21)12-3-4-14-11(8-12)5-6-17-14/h3-4,8,13,17H,1-2,5-7,9-10H2,(H,20,21). The maximum atomic E-state index is 12.4. The molecule has 5 heteroatoms. The third-order valence-electron chi connectivity index (χ3n) is 4.36. The highest BCUT2D eigenvalue weighted by molar-refractivity contribution is 5.98. The molecular weight excluding hydrogens is 268 g/mol. The fraction of sp³-hybridized carbons (Fsp3) is 0.500. The Morgan fingerprint density at radius 2 is 2.24 bits per heavy atom. The van der Waals surface area contributed by atoms with Gasteiger partial charge in [-0.05, 0) is 49.6 Å². The Morgan fingerprint density at radius 3 is 3.05 bits per heavy atom. The molecule has 2 aliphatic rings. The lowest BCUT2D eigenvalue weighted by molar-refractivity contribution is -0.143. The Labute approximate surface area is 123 Å².